The zero-order chi connectivity index (χ0) is 17.8. The highest BCUT2D eigenvalue weighted by Gasteiger charge is 2.38. The molecule has 1 nitrogen and oxygen atoms in total. The maximum absolute atomic E-state index is 12.3. The summed E-state index contributed by atoms with van der Waals surface area (Å²) in [5, 5.41) is 3.25. The highest BCUT2D eigenvalue weighted by molar-refractivity contribution is 4.69. The summed E-state index contributed by atoms with van der Waals surface area (Å²) >= 11 is 0. The second-order valence-corrected chi connectivity index (χ2v) is 6.16. The molecule has 0 aliphatic rings. The van der Waals surface area contributed by atoms with E-state index in [0.29, 0.717) is 12.8 Å². The van der Waals surface area contributed by atoms with Crippen LogP contribution >= 0.6 is 0 Å². The van der Waals surface area contributed by atoms with E-state index < -0.39 is 31.1 Å². The van der Waals surface area contributed by atoms with Crippen LogP contribution in [0.3, 0.4) is 0 Å². The summed E-state index contributed by atoms with van der Waals surface area (Å²) in [4.78, 5) is 0. The second-order valence-electron chi connectivity index (χ2n) is 6.16. The van der Waals surface area contributed by atoms with E-state index in [-0.39, 0.29) is 6.42 Å². The van der Waals surface area contributed by atoms with E-state index in [1.165, 1.54) is 19.3 Å². The van der Waals surface area contributed by atoms with Crippen molar-refractivity contribution in [3.8, 4) is 0 Å². The minimum absolute atomic E-state index is 0.0183. The monoisotopic (exact) mass is 349 g/mol. The first-order valence-corrected chi connectivity index (χ1v) is 8.48. The summed E-state index contributed by atoms with van der Waals surface area (Å²) in [6.45, 7) is 3.83. The van der Waals surface area contributed by atoms with E-state index in [1.54, 1.807) is 0 Å². The maximum Gasteiger partial charge on any atom is 0.389 e. The third kappa shape index (κ3) is 17.7. The van der Waals surface area contributed by atoms with Crippen molar-refractivity contribution in [3.05, 3.63) is 0 Å². The fourth-order valence-electron chi connectivity index (χ4n) is 2.59. The Morgan fingerprint density at radius 3 is 1.61 bits per heavy atom. The standard InChI is InChI=1S/C16H29F6N/c1-2-3-4-7-10-23-11-8-5-6-9-14(12-15(17,18)19)13-16(20,21)22/h14,23H,2-13H2,1H3. The fourth-order valence-corrected chi connectivity index (χ4v) is 2.59. The van der Waals surface area contributed by atoms with Gasteiger partial charge in [0.25, 0.3) is 0 Å². The zero-order valence-corrected chi connectivity index (χ0v) is 13.8. The van der Waals surface area contributed by atoms with Gasteiger partial charge in [-0.3, -0.25) is 0 Å². The van der Waals surface area contributed by atoms with Crippen LogP contribution in [-0.4, -0.2) is 25.4 Å². The van der Waals surface area contributed by atoms with E-state index in [4.69, 9.17) is 0 Å². The molecule has 0 unspecified atom stereocenters. The van der Waals surface area contributed by atoms with Crippen LogP contribution in [0.15, 0.2) is 0 Å². The van der Waals surface area contributed by atoms with Crippen molar-refractivity contribution in [1.29, 1.82) is 0 Å². The first-order chi connectivity index (χ1) is 10.6. The van der Waals surface area contributed by atoms with Gasteiger partial charge in [0, 0.05) is 12.8 Å². The normalized spacial score (nSPS) is 13.0. The van der Waals surface area contributed by atoms with Gasteiger partial charge < -0.3 is 5.32 Å². The van der Waals surface area contributed by atoms with Crippen LogP contribution in [0.1, 0.15) is 71.1 Å². The van der Waals surface area contributed by atoms with Gasteiger partial charge in [0.15, 0.2) is 0 Å². The van der Waals surface area contributed by atoms with Gasteiger partial charge in [0.1, 0.15) is 0 Å². The molecular weight excluding hydrogens is 320 g/mol. The minimum atomic E-state index is -4.53. The molecule has 0 heterocycles. The van der Waals surface area contributed by atoms with Gasteiger partial charge in [-0.05, 0) is 38.3 Å². The summed E-state index contributed by atoms with van der Waals surface area (Å²) in [6, 6.07) is 0. The summed E-state index contributed by atoms with van der Waals surface area (Å²) in [5.41, 5.74) is 0. The molecule has 0 amide bonds. The van der Waals surface area contributed by atoms with E-state index in [0.717, 1.165) is 25.9 Å². The SMILES string of the molecule is CCCCCCNCCCCCC(CC(F)(F)F)CC(F)(F)F. The molecule has 0 spiro atoms. The first kappa shape index (κ1) is 22.5. The van der Waals surface area contributed by atoms with Gasteiger partial charge in [-0.25, -0.2) is 0 Å². The lowest BCUT2D eigenvalue weighted by molar-refractivity contribution is -0.173. The van der Waals surface area contributed by atoms with E-state index in [9.17, 15) is 26.3 Å². The number of nitrogens with one attached hydrogen (secondary N) is 1. The Balaban J connectivity index is 3.74. The van der Waals surface area contributed by atoms with Crippen molar-refractivity contribution in [2.75, 3.05) is 13.1 Å². The third-order valence-corrected chi connectivity index (χ3v) is 3.71. The lowest BCUT2D eigenvalue weighted by Gasteiger charge is -2.20. The number of alkyl halides is 6. The molecule has 23 heavy (non-hydrogen) atoms. The lowest BCUT2D eigenvalue weighted by Crippen LogP contribution is -2.21. The van der Waals surface area contributed by atoms with E-state index >= 15 is 0 Å². The number of rotatable bonds is 13. The van der Waals surface area contributed by atoms with Crippen molar-refractivity contribution in [1.82, 2.24) is 5.32 Å². The average molecular weight is 349 g/mol. The van der Waals surface area contributed by atoms with Crippen molar-refractivity contribution in [2.45, 2.75) is 83.5 Å². The molecule has 140 valence electrons. The largest absolute Gasteiger partial charge is 0.389 e. The minimum Gasteiger partial charge on any atom is -0.317 e. The molecule has 0 saturated heterocycles. The third-order valence-electron chi connectivity index (χ3n) is 3.71. The van der Waals surface area contributed by atoms with Crippen LogP contribution in [0.2, 0.25) is 0 Å². The molecule has 0 atom stereocenters. The predicted octanol–water partition coefficient (Wildman–Crippen LogP) is 6.24. The van der Waals surface area contributed by atoms with Gasteiger partial charge in [-0.15, -0.1) is 0 Å². The Kier molecular flexibility index (Phi) is 11.7. The molecule has 0 radical (unpaired) electrons. The van der Waals surface area contributed by atoms with Gasteiger partial charge in [0.2, 0.25) is 0 Å². The number of unbranched alkanes of at least 4 members (excludes halogenated alkanes) is 5. The summed E-state index contributed by atoms with van der Waals surface area (Å²) in [5.74, 6) is -1.35. The molecule has 0 aromatic heterocycles. The van der Waals surface area contributed by atoms with E-state index in [2.05, 4.69) is 12.2 Å². The number of hydrogen-bond donors (Lipinski definition) is 1. The highest BCUT2D eigenvalue weighted by Crippen LogP contribution is 2.35. The molecule has 0 saturated carbocycles. The molecule has 1 N–H and O–H groups in total. The highest BCUT2D eigenvalue weighted by atomic mass is 19.4. The van der Waals surface area contributed by atoms with Crippen molar-refractivity contribution in [2.24, 2.45) is 5.92 Å². The molecular formula is C16H29F6N. The molecule has 0 aromatic rings. The predicted molar refractivity (Wildman–Crippen MR) is 80.3 cm³/mol. The summed E-state index contributed by atoms with van der Waals surface area (Å²) < 4.78 is 73.8. The molecule has 7 heteroatoms. The first-order valence-electron chi connectivity index (χ1n) is 8.48. The smallest absolute Gasteiger partial charge is 0.317 e. The quantitative estimate of drug-likeness (QED) is 0.307. The molecule has 0 aliphatic carbocycles. The van der Waals surface area contributed by atoms with Crippen molar-refractivity contribution < 1.29 is 26.3 Å². The van der Waals surface area contributed by atoms with Crippen LogP contribution in [0.25, 0.3) is 0 Å². The van der Waals surface area contributed by atoms with Gasteiger partial charge in [-0.2, -0.15) is 26.3 Å². The van der Waals surface area contributed by atoms with Gasteiger partial charge in [-0.1, -0.05) is 39.0 Å². The van der Waals surface area contributed by atoms with Crippen molar-refractivity contribution >= 4 is 0 Å². The molecule has 0 aromatic carbocycles. The Bertz CT molecular complexity index is 259. The zero-order valence-electron chi connectivity index (χ0n) is 13.8. The Morgan fingerprint density at radius 2 is 1.17 bits per heavy atom. The molecule has 0 rings (SSSR count). The summed E-state index contributed by atoms with van der Waals surface area (Å²) in [6.07, 6.45) is -5.24. The van der Waals surface area contributed by atoms with E-state index in [1.807, 2.05) is 0 Å². The van der Waals surface area contributed by atoms with Crippen LogP contribution in [0.5, 0.6) is 0 Å². The molecule has 0 aliphatic heterocycles. The van der Waals surface area contributed by atoms with Crippen molar-refractivity contribution in [3.63, 3.8) is 0 Å². The number of hydrogen-bond acceptors (Lipinski definition) is 1. The van der Waals surface area contributed by atoms with Crippen LogP contribution in [-0.2, 0) is 0 Å². The van der Waals surface area contributed by atoms with Crippen LogP contribution in [0, 0.1) is 5.92 Å². The topological polar surface area (TPSA) is 12.0 Å². The van der Waals surface area contributed by atoms with Gasteiger partial charge in [0.05, 0.1) is 0 Å². The Morgan fingerprint density at radius 1 is 0.696 bits per heavy atom. The Hall–Kier alpha value is -0.460. The fraction of sp³-hybridized carbons (Fsp3) is 1.00. The van der Waals surface area contributed by atoms with Crippen LogP contribution in [0.4, 0.5) is 26.3 Å². The average Bonchev–Trinajstić information content (AvgIpc) is 2.37. The maximum atomic E-state index is 12.3. The number of halogens is 6. The molecule has 0 bridgehead atoms. The Labute approximate surface area is 135 Å². The lowest BCUT2D eigenvalue weighted by atomic mass is 9.94. The second kappa shape index (κ2) is 12.0. The van der Waals surface area contributed by atoms with Crippen LogP contribution < -0.4 is 5.32 Å². The van der Waals surface area contributed by atoms with Gasteiger partial charge >= 0.3 is 12.4 Å². The summed E-state index contributed by atoms with van der Waals surface area (Å²) in [7, 11) is 0. The molecule has 0 fully saturated rings.